The summed E-state index contributed by atoms with van der Waals surface area (Å²) in [7, 11) is 3.55. The van der Waals surface area contributed by atoms with Crippen LogP contribution < -0.4 is 10.6 Å². The Balaban J connectivity index is 1.57. The molecule has 198 valence electrons. The lowest BCUT2D eigenvalue weighted by molar-refractivity contribution is -0.145. The topological polar surface area (TPSA) is 85.0 Å². The molecule has 0 saturated carbocycles. The Morgan fingerprint density at radius 1 is 1.00 bits per heavy atom. The van der Waals surface area contributed by atoms with Gasteiger partial charge in [-0.05, 0) is 62.7 Å². The van der Waals surface area contributed by atoms with Crippen molar-refractivity contribution in [1.82, 2.24) is 24.9 Å². The molecular formula is C28H36ClN5O3. The van der Waals surface area contributed by atoms with Crippen molar-refractivity contribution in [3.63, 3.8) is 0 Å². The highest BCUT2D eigenvalue weighted by atomic mass is 35.5. The van der Waals surface area contributed by atoms with Crippen molar-refractivity contribution < 1.29 is 14.4 Å². The number of nitrogens with one attached hydrogen (secondary N) is 2. The number of amides is 3. The molecule has 2 heterocycles. The molecule has 2 fully saturated rings. The molecule has 0 spiro atoms. The highest BCUT2D eigenvalue weighted by Gasteiger charge is 2.45. The van der Waals surface area contributed by atoms with Gasteiger partial charge in [0.15, 0.2) is 0 Å². The van der Waals surface area contributed by atoms with E-state index in [-0.39, 0.29) is 29.8 Å². The molecule has 0 radical (unpaired) electrons. The van der Waals surface area contributed by atoms with E-state index in [1.165, 1.54) is 4.42 Å². The summed E-state index contributed by atoms with van der Waals surface area (Å²) < 4.78 is 1.29. The van der Waals surface area contributed by atoms with E-state index < -0.39 is 18.1 Å². The van der Waals surface area contributed by atoms with E-state index >= 15 is 0 Å². The van der Waals surface area contributed by atoms with Crippen molar-refractivity contribution >= 4 is 29.5 Å². The van der Waals surface area contributed by atoms with E-state index in [9.17, 15) is 14.4 Å². The zero-order valence-corrected chi connectivity index (χ0v) is 22.4. The minimum Gasteiger partial charge on any atom is -0.343 e. The quantitative estimate of drug-likeness (QED) is 0.543. The molecule has 0 unspecified atom stereocenters. The second-order valence-corrected chi connectivity index (χ2v) is 10.6. The summed E-state index contributed by atoms with van der Waals surface area (Å²) in [4.78, 5) is 44.2. The summed E-state index contributed by atoms with van der Waals surface area (Å²) in [5.74, 6) is -0.723. The maximum absolute atomic E-state index is 13.9. The number of fused-ring (bicyclic) bond motifs is 1. The molecule has 0 bridgehead atoms. The first-order valence-corrected chi connectivity index (χ1v) is 13.2. The van der Waals surface area contributed by atoms with Crippen LogP contribution in [0.4, 0.5) is 0 Å². The van der Waals surface area contributed by atoms with E-state index in [4.69, 9.17) is 11.8 Å². The Morgan fingerprint density at radius 3 is 2.16 bits per heavy atom. The van der Waals surface area contributed by atoms with Crippen LogP contribution in [0.25, 0.3) is 0 Å². The second-order valence-electron chi connectivity index (χ2n) is 10.1. The summed E-state index contributed by atoms with van der Waals surface area (Å²) in [6.07, 6.45) is 2.12. The van der Waals surface area contributed by atoms with Gasteiger partial charge in [-0.15, -0.1) is 0 Å². The summed E-state index contributed by atoms with van der Waals surface area (Å²) in [6.45, 7) is 2.83. The van der Waals surface area contributed by atoms with Crippen molar-refractivity contribution in [2.45, 2.75) is 56.4 Å². The highest BCUT2D eigenvalue weighted by Crippen LogP contribution is 2.30. The number of hydrogen-bond donors (Lipinski definition) is 2. The van der Waals surface area contributed by atoms with Crippen LogP contribution in [0.3, 0.4) is 0 Å². The molecule has 3 amide bonds. The van der Waals surface area contributed by atoms with Gasteiger partial charge in [0.25, 0.3) is 0 Å². The Hall–Kier alpha value is -2.94. The Labute approximate surface area is 224 Å². The summed E-state index contributed by atoms with van der Waals surface area (Å²) in [6, 6.07) is 17.3. The van der Waals surface area contributed by atoms with Crippen LogP contribution in [0.2, 0.25) is 0 Å². The number of carbonyl (C=O) groups is 3. The molecule has 4 atom stereocenters. The average molecular weight is 526 g/mol. The van der Waals surface area contributed by atoms with Crippen molar-refractivity contribution in [2.75, 3.05) is 27.2 Å². The van der Waals surface area contributed by atoms with Gasteiger partial charge in [0.1, 0.15) is 18.1 Å². The standard InChI is InChI=1S/C28H36ClN5O3/c1-19(33(3)29)26(35)30-23-18-32(2)17-16-22-14-15-24(34(22)28(23)37)27(36)31-25(20-10-6-4-7-11-20)21-12-8-5-9-13-21/h4-13,19,22-25H,14-18H2,1-3H3,(H,30,35)(H,31,36)/t19-,22+,23-,24-/m0/s1. The van der Waals surface area contributed by atoms with E-state index in [0.717, 1.165) is 30.5 Å². The first kappa shape index (κ1) is 27.1. The van der Waals surface area contributed by atoms with Gasteiger partial charge in [-0.1, -0.05) is 60.7 Å². The molecular weight excluding hydrogens is 490 g/mol. The Kier molecular flexibility index (Phi) is 8.84. The normalized spacial score (nSPS) is 23.4. The maximum Gasteiger partial charge on any atom is 0.247 e. The van der Waals surface area contributed by atoms with Crippen LogP contribution in [-0.2, 0) is 14.4 Å². The minimum atomic E-state index is -0.758. The van der Waals surface area contributed by atoms with Gasteiger partial charge in [-0.2, -0.15) is 0 Å². The number of halogens is 1. The number of benzene rings is 2. The lowest BCUT2D eigenvalue weighted by atomic mass is 9.98. The smallest absolute Gasteiger partial charge is 0.247 e. The van der Waals surface area contributed by atoms with Crippen LogP contribution in [0, 0.1) is 0 Å². The molecule has 0 aliphatic carbocycles. The van der Waals surface area contributed by atoms with Gasteiger partial charge >= 0.3 is 0 Å². The molecule has 2 aliphatic heterocycles. The highest BCUT2D eigenvalue weighted by molar-refractivity contribution is 6.14. The fourth-order valence-corrected chi connectivity index (χ4v) is 5.33. The Bertz CT molecular complexity index is 1040. The van der Waals surface area contributed by atoms with Crippen molar-refractivity contribution in [2.24, 2.45) is 0 Å². The molecule has 8 nitrogen and oxygen atoms in total. The first-order valence-electron chi connectivity index (χ1n) is 12.9. The Morgan fingerprint density at radius 2 is 1.59 bits per heavy atom. The summed E-state index contributed by atoms with van der Waals surface area (Å²) in [5.41, 5.74) is 1.95. The van der Waals surface area contributed by atoms with E-state index in [1.807, 2.05) is 67.7 Å². The maximum atomic E-state index is 13.9. The van der Waals surface area contributed by atoms with Gasteiger partial charge in [-0.3, -0.25) is 14.4 Å². The van der Waals surface area contributed by atoms with Crippen molar-refractivity contribution in [3.05, 3.63) is 71.8 Å². The fraction of sp³-hybridized carbons (Fsp3) is 0.464. The van der Waals surface area contributed by atoms with Crippen LogP contribution >= 0.6 is 11.8 Å². The van der Waals surface area contributed by atoms with Crippen molar-refractivity contribution in [3.8, 4) is 0 Å². The first-order chi connectivity index (χ1) is 17.8. The van der Waals surface area contributed by atoms with Gasteiger partial charge in [-0.25, -0.2) is 4.42 Å². The zero-order chi connectivity index (χ0) is 26.5. The molecule has 0 aromatic heterocycles. The predicted octanol–water partition coefficient (Wildman–Crippen LogP) is 2.55. The second kappa shape index (κ2) is 12.1. The van der Waals surface area contributed by atoms with Crippen LogP contribution in [0.15, 0.2) is 60.7 Å². The monoisotopic (exact) mass is 525 g/mol. The third-order valence-electron chi connectivity index (χ3n) is 7.48. The lowest BCUT2D eigenvalue weighted by Crippen LogP contribution is -2.61. The minimum absolute atomic E-state index is 0.0505. The predicted molar refractivity (Wildman–Crippen MR) is 144 cm³/mol. The van der Waals surface area contributed by atoms with E-state index in [0.29, 0.717) is 13.0 Å². The van der Waals surface area contributed by atoms with Crippen LogP contribution in [0.1, 0.15) is 43.4 Å². The number of carbonyl (C=O) groups excluding carboxylic acids is 3. The third-order valence-corrected chi connectivity index (χ3v) is 7.77. The largest absolute Gasteiger partial charge is 0.343 e. The number of rotatable bonds is 7. The fourth-order valence-electron chi connectivity index (χ4n) is 5.24. The van der Waals surface area contributed by atoms with Gasteiger partial charge in [0.2, 0.25) is 17.7 Å². The average Bonchev–Trinajstić information content (AvgIpc) is 3.33. The van der Waals surface area contributed by atoms with Gasteiger partial charge < -0.3 is 20.4 Å². The number of nitrogens with zero attached hydrogens (tertiary/aromatic N) is 3. The summed E-state index contributed by atoms with van der Waals surface area (Å²) >= 11 is 5.98. The SMILES string of the molecule is C[C@@H](C(=O)N[C@H]1CN(C)CC[C@H]2CC[C@@H](C(=O)NC(c3ccccc3)c3ccccc3)N2C1=O)N(C)Cl. The van der Waals surface area contributed by atoms with E-state index in [2.05, 4.69) is 15.5 Å². The molecule has 37 heavy (non-hydrogen) atoms. The molecule has 9 heteroatoms. The molecule has 4 rings (SSSR count). The molecule has 2 aromatic rings. The zero-order valence-electron chi connectivity index (χ0n) is 21.6. The van der Waals surface area contributed by atoms with Gasteiger partial charge in [0.05, 0.1) is 6.04 Å². The number of hydrogen-bond acceptors (Lipinski definition) is 5. The van der Waals surface area contributed by atoms with E-state index in [1.54, 1.807) is 18.9 Å². The number of likely N-dealkylation sites (N-methyl/N-ethyl adjacent to an activating group) is 2. The third kappa shape index (κ3) is 6.32. The lowest BCUT2D eigenvalue weighted by Gasteiger charge is -2.38. The van der Waals surface area contributed by atoms with Gasteiger partial charge in [0, 0.05) is 19.6 Å². The van der Waals surface area contributed by atoms with Crippen molar-refractivity contribution in [1.29, 1.82) is 0 Å². The molecule has 2 N–H and O–H groups in total. The summed E-state index contributed by atoms with van der Waals surface area (Å²) in [5, 5.41) is 6.11. The van der Waals surface area contributed by atoms with Crippen LogP contribution in [-0.4, -0.2) is 83.3 Å². The molecule has 2 saturated heterocycles. The molecule has 2 aliphatic rings. The van der Waals surface area contributed by atoms with Crippen LogP contribution in [0.5, 0.6) is 0 Å². The molecule has 2 aromatic carbocycles.